The maximum Gasteiger partial charge on any atom is 0.225 e. The van der Waals surface area contributed by atoms with E-state index in [9.17, 15) is 9.90 Å². The zero-order valence-electron chi connectivity index (χ0n) is 13.3. The summed E-state index contributed by atoms with van der Waals surface area (Å²) in [5.74, 6) is 0.651. The summed E-state index contributed by atoms with van der Waals surface area (Å²) in [5.41, 5.74) is 2.01. The van der Waals surface area contributed by atoms with Crippen LogP contribution in [0.15, 0.2) is 24.3 Å². The minimum absolute atomic E-state index is 0.0497. The number of benzene rings is 1. The highest BCUT2D eigenvalue weighted by Crippen LogP contribution is 2.59. The minimum Gasteiger partial charge on any atom is -0.396 e. The van der Waals surface area contributed by atoms with Crippen molar-refractivity contribution in [1.29, 1.82) is 0 Å². The highest BCUT2D eigenvalue weighted by molar-refractivity contribution is 5.79. The molecule has 2 heterocycles. The number of hydrogen-bond donors (Lipinski definition) is 1. The molecule has 4 heteroatoms. The first-order valence-corrected chi connectivity index (χ1v) is 8.94. The Balaban J connectivity index is 1.65. The van der Waals surface area contributed by atoms with E-state index >= 15 is 0 Å². The fourth-order valence-corrected chi connectivity index (χ4v) is 5.75. The van der Waals surface area contributed by atoms with Gasteiger partial charge >= 0.3 is 0 Å². The molecule has 1 aromatic rings. The third-order valence-electron chi connectivity index (χ3n) is 6.61. The molecule has 0 aromatic heterocycles. The highest BCUT2D eigenvalue weighted by atomic mass is 16.5. The molecular weight excluding hydrogens is 290 g/mol. The second-order valence-corrected chi connectivity index (χ2v) is 7.57. The van der Waals surface area contributed by atoms with Crippen molar-refractivity contribution in [3.8, 4) is 0 Å². The molecule has 2 saturated heterocycles. The molecule has 122 valence electrons. The Labute approximate surface area is 136 Å². The molecule has 0 bridgehead atoms. The number of nitrogens with zero attached hydrogens (tertiary/aromatic N) is 1. The van der Waals surface area contributed by atoms with Gasteiger partial charge in [-0.05, 0) is 30.4 Å². The number of piperidine rings is 1. The van der Waals surface area contributed by atoms with Crippen LogP contribution in [0.5, 0.6) is 0 Å². The van der Waals surface area contributed by atoms with Crippen molar-refractivity contribution >= 4 is 5.91 Å². The van der Waals surface area contributed by atoms with Crippen molar-refractivity contribution in [2.75, 3.05) is 6.61 Å². The first-order valence-electron chi connectivity index (χ1n) is 8.94. The smallest absolute Gasteiger partial charge is 0.225 e. The number of ether oxygens (including phenoxy) is 1. The molecule has 5 atom stereocenters. The number of hydrogen-bond acceptors (Lipinski definition) is 3. The molecule has 4 nitrogen and oxygen atoms in total. The van der Waals surface area contributed by atoms with Gasteiger partial charge in [-0.2, -0.15) is 0 Å². The van der Waals surface area contributed by atoms with Gasteiger partial charge in [0.15, 0.2) is 5.72 Å². The molecule has 1 spiro atoms. The van der Waals surface area contributed by atoms with Gasteiger partial charge in [-0.3, -0.25) is 4.79 Å². The summed E-state index contributed by atoms with van der Waals surface area (Å²) < 4.78 is 6.68. The van der Waals surface area contributed by atoms with E-state index in [1.807, 2.05) is 0 Å². The predicted octanol–water partition coefficient (Wildman–Crippen LogP) is 2.41. The fourth-order valence-electron chi connectivity index (χ4n) is 5.75. The molecule has 1 aromatic carbocycles. The van der Waals surface area contributed by atoms with Crippen molar-refractivity contribution in [2.45, 2.75) is 56.4 Å². The Bertz CT molecular complexity index is 652. The van der Waals surface area contributed by atoms with E-state index in [1.54, 1.807) is 0 Å². The molecule has 1 saturated carbocycles. The van der Waals surface area contributed by atoms with Gasteiger partial charge in [-0.25, -0.2) is 0 Å². The van der Waals surface area contributed by atoms with Crippen LogP contribution in [0.1, 0.15) is 49.3 Å². The van der Waals surface area contributed by atoms with Crippen LogP contribution in [0.3, 0.4) is 0 Å². The predicted molar refractivity (Wildman–Crippen MR) is 84.5 cm³/mol. The van der Waals surface area contributed by atoms with Crippen molar-refractivity contribution in [2.24, 2.45) is 11.8 Å². The molecular formula is C19H23NO3. The summed E-state index contributed by atoms with van der Waals surface area (Å²) >= 11 is 0. The summed E-state index contributed by atoms with van der Waals surface area (Å²) in [4.78, 5) is 15.0. The summed E-state index contributed by atoms with van der Waals surface area (Å²) in [6.07, 6.45) is 5.68. The monoisotopic (exact) mass is 313 g/mol. The first-order chi connectivity index (χ1) is 11.3. The van der Waals surface area contributed by atoms with Crippen LogP contribution >= 0.6 is 0 Å². The molecule has 2 aliphatic heterocycles. The topological polar surface area (TPSA) is 49.8 Å². The molecule has 3 fully saturated rings. The SMILES string of the molecule is O=C1CC[C@@H]2CCC[C@@H](CO)[C@@]23O[C@@H]2Cc4ccccc4[C@@H]2N13. The number of carbonyl (C=O) groups excluding carboxylic acids is 1. The van der Waals surface area contributed by atoms with Gasteiger partial charge in [0.1, 0.15) is 0 Å². The molecule has 23 heavy (non-hydrogen) atoms. The molecule has 2 aliphatic carbocycles. The van der Waals surface area contributed by atoms with Crippen LogP contribution in [-0.2, 0) is 16.0 Å². The van der Waals surface area contributed by atoms with Crippen LogP contribution in [-0.4, -0.2) is 34.3 Å². The zero-order chi connectivity index (χ0) is 15.6. The maximum atomic E-state index is 12.9. The van der Waals surface area contributed by atoms with Crippen molar-refractivity contribution in [1.82, 2.24) is 4.90 Å². The molecule has 1 N–H and O–H groups in total. The summed E-state index contributed by atoms with van der Waals surface area (Å²) in [5, 5.41) is 10.00. The average Bonchev–Trinajstić information content (AvgIpc) is 3.07. The Morgan fingerprint density at radius 2 is 2.13 bits per heavy atom. The number of fused-ring (bicyclic) bond motifs is 4. The molecule has 4 aliphatic rings. The number of rotatable bonds is 1. The van der Waals surface area contributed by atoms with Gasteiger partial charge in [0.2, 0.25) is 5.91 Å². The van der Waals surface area contributed by atoms with Crippen LogP contribution < -0.4 is 0 Å². The molecule has 1 amide bonds. The van der Waals surface area contributed by atoms with Gasteiger partial charge in [0.25, 0.3) is 0 Å². The Kier molecular flexibility index (Phi) is 2.92. The van der Waals surface area contributed by atoms with Gasteiger partial charge < -0.3 is 14.7 Å². The number of aliphatic hydroxyl groups excluding tert-OH is 1. The van der Waals surface area contributed by atoms with Gasteiger partial charge in [-0.1, -0.05) is 30.7 Å². The van der Waals surface area contributed by atoms with E-state index in [-0.39, 0.29) is 30.6 Å². The van der Waals surface area contributed by atoms with Gasteiger partial charge in [0.05, 0.1) is 18.8 Å². The van der Waals surface area contributed by atoms with Gasteiger partial charge in [0, 0.05) is 24.7 Å². The number of amides is 1. The number of aliphatic hydroxyl groups is 1. The fraction of sp³-hybridized carbons (Fsp3) is 0.632. The lowest BCUT2D eigenvalue weighted by molar-refractivity contribution is -0.220. The molecule has 0 radical (unpaired) electrons. The van der Waals surface area contributed by atoms with Crippen molar-refractivity contribution < 1.29 is 14.6 Å². The van der Waals surface area contributed by atoms with Crippen LogP contribution in [0.4, 0.5) is 0 Å². The maximum absolute atomic E-state index is 12.9. The largest absolute Gasteiger partial charge is 0.396 e. The van der Waals surface area contributed by atoms with Crippen LogP contribution in [0.2, 0.25) is 0 Å². The quantitative estimate of drug-likeness (QED) is 0.866. The van der Waals surface area contributed by atoms with Crippen LogP contribution in [0, 0.1) is 11.8 Å². The summed E-state index contributed by atoms with van der Waals surface area (Å²) in [6, 6.07) is 8.47. The standard InChI is InChI=1S/C19H23NO3/c21-11-14-6-3-5-13-8-9-17(22)20-18-15-7-2-1-4-12(15)10-16(18)23-19(13,14)20/h1-2,4,7,13-14,16,18,21H,3,5-6,8-11H2/t13-,14-,16+,18-,19-/m0/s1. The number of carbonyl (C=O) groups is 1. The summed E-state index contributed by atoms with van der Waals surface area (Å²) in [7, 11) is 0. The second kappa shape index (κ2) is 4.81. The third kappa shape index (κ3) is 1.66. The van der Waals surface area contributed by atoms with E-state index in [4.69, 9.17) is 4.74 Å². The lowest BCUT2D eigenvalue weighted by Crippen LogP contribution is -2.63. The van der Waals surface area contributed by atoms with Gasteiger partial charge in [-0.15, -0.1) is 0 Å². The Hall–Kier alpha value is -1.39. The van der Waals surface area contributed by atoms with E-state index in [0.717, 1.165) is 32.1 Å². The minimum atomic E-state index is -0.550. The average molecular weight is 313 g/mol. The lowest BCUT2D eigenvalue weighted by atomic mass is 9.69. The Morgan fingerprint density at radius 1 is 1.26 bits per heavy atom. The van der Waals surface area contributed by atoms with E-state index in [0.29, 0.717) is 12.3 Å². The molecule has 0 unspecified atom stereocenters. The molecule has 5 rings (SSSR count). The Morgan fingerprint density at radius 3 is 3.00 bits per heavy atom. The lowest BCUT2D eigenvalue weighted by Gasteiger charge is -2.54. The third-order valence-corrected chi connectivity index (χ3v) is 6.61. The first kappa shape index (κ1) is 14.0. The second-order valence-electron chi connectivity index (χ2n) is 7.57. The van der Waals surface area contributed by atoms with Crippen molar-refractivity contribution in [3.05, 3.63) is 35.4 Å². The van der Waals surface area contributed by atoms with E-state index < -0.39 is 5.72 Å². The van der Waals surface area contributed by atoms with E-state index in [2.05, 4.69) is 29.2 Å². The van der Waals surface area contributed by atoms with Crippen LogP contribution in [0.25, 0.3) is 0 Å². The zero-order valence-corrected chi connectivity index (χ0v) is 13.3. The summed E-state index contributed by atoms with van der Waals surface area (Å²) in [6.45, 7) is 0.112. The highest BCUT2D eigenvalue weighted by Gasteiger charge is 2.65. The van der Waals surface area contributed by atoms with E-state index in [1.165, 1.54) is 11.1 Å². The normalized spacial score (nSPS) is 41.3. The van der Waals surface area contributed by atoms with Crippen molar-refractivity contribution in [3.63, 3.8) is 0 Å².